The summed E-state index contributed by atoms with van der Waals surface area (Å²) >= 11 is 0. The summed E-state index contributed by atoms with van der Waals surface area (Å²) in [4.78, 5) is 38.3. The zero-order chi connectivity index (χ0) is 54.3. The molecule has 0 aliphatic carbocycles. The van der Waals surface area contributed by atoms with Crippen molar-refractivity contribution in [3.05, 3.63) is 109 Å². The molecule has 0 saturated carbocycles. The minimum atomic E-state index is -0.794. The Morgan fingerprint density at radius 3 is 0.880 bits per heavy atom. The van der Waals surface area contributed by atoms with E-state index in [1.54, 1.807) is 0 Å². The van der Waals surface area contributed by atoms with E-state index in [1.165, 1.54) is 109 Å². The van der Waals surface area contributed by atoms with E-state index in [-0.39, 0.29) is 31.1 Å². The van der Waals surface area contributed by atoms with Gasteiger partial charge in [-0.25, -0.2) is 0 Å². The number of esters is 3. The SMILES string of the molecule is CC/C=C\C/C=C\C/C=C\C/C=C\C/C=C\C/C=C\CCCCCCCCC(=O)OCC(COC(=O)CCCCCCC/C=C\C/C=C\CCC)OC(=O)CCCCCCCCCCC/C=C\CCCCCCCC. The smallest absolute Gasteiger partial charge is 0.306 e. The first-order chi connectivity index (χ1) is 37.0. The lowest BCUT2D eigenvalue weighted by Gasteiger charge is -2.18. The van der Waals surface area contributed by atoms with Crippen LogP contribution in [0.1, 0.15) is 290 Å². The number of carbonyl (C=O) groups excluding carboxylic acids is 3. The van der Waals surface area contributed by atoms with Crippen LogP contribution in [0.25, 0.3) is 0 Å². The molecule has 6 heteroatoms. The molecule has 0 bridgehead atoms. The van der Waals surface area contributed by atoms with E-state index in [4.69, 9.17) is 14.2 Å². The molecule has 6 nitrogen and oxygen atoms in total. The molecule has 0 aromatic carbocycles. The lowest BCUT2D eigenvalue weighted by Crippen LogP contribution is -2.30. The second-order valence-electron chi connectivity index (χ2n) is 20.6. The molecule has 428 valence electrons. The van der Waals surface area contributed by atoms with E-state index in [2.05, 4.69) is 130 Å². The summed E-state index contributed by atoms with van der Waals surface area (Å²) in [6, 6.07) is 0. The zero-order valence-electron chi connectivity index (χ0n) is 49.0. The maximum absolute atomic E-state index is 12.9. The lowest BCUT2D eigenvalue weighted by atomic mass is 10.1. The number of unbranched alkanes of at least 4 members (excludes halogenated alkanes) is 27. The Balaban J connectivity index is 4.38. The number of hydrogen-bond donors (Lipinski definition) is 0. The number of hydrogen-bond acceptors (Lipinski definition) is 6. The Hall–Kier alpha value is -3.93. The van der Waals surface area contributed by atoms with Crippen LogP contribution in [-0.2, 0) is 28.6 Å². The molecular formula is C69H116O6. The van der Waals surface area contributed by atoms with Gasteiger partial charge in [0.15, 0.2) is 6.10 Å². The molecule has 0 fully saturated rings. The van der Waals surface area contributed by atoms with Gasteiger partial charge in [0.2, 0.25) is 0 Å². The van der Waals surface area contributed by atoms with Crippen LogP contribution in [0, 0.1) is 0 Å². The van der Waals surface area contributed by atoms with Crippen LogP contribution in [0.2, 0.25) is 0 Å². The topological polar surface area (TPSA) is 78.9 Å². The van der Waals surface area contributed by atoms with Crippen molar-refractivity contribution in [2.45, 2.75) is 297 Å². The highest BCUT2D eigenvalue weighted by molar-refractivity contribution is 5.71. The Morgan fingerprint density at radius 1 is 0.280 bits per heavy atom. The van der Waals surface area contributed by atoms with Gasteiger partial charge in [-0.15, -0.1) is 0 Å². The second kappa shape index (κ2) is 62.6. The highest BCUT2D eigenvalue weighted by atomic mass is 16.6. The van der Waals surface area contributed by atoms with Gasteiger partial charge in [0, 0.05) is 19.3 Å². The quantitative estimate of drug-likeness (QED) is 0.0261. The Morgan fingerprint density at radius 2 is 0.547 bits per heavy atom. The van der Waals surface area contributed by atoms with Gasteiger partial charge in [0.1, 0.15) is 13.2 Å². The molecule has 0 aromatic heterocycles. The Bertz CT molecular complexity index is 1520. The van der Waals surface area contributed by atoms with Crippen molar-refractivity contribution in [2.75, 3.05) is 13.2 Å². The Labute approximate surface area is 463 Å². The van der Waals surface area contributed by atoms with E-state index in [9.17, 15) is 14.4 Å². The van der Waals surface area contributed by atoms with Gasteiger partial charge >= 0.3 is 17.9 Å². The monoisotopic (exact) mass is 1040 g/mol. The van der Waals surface area contributed by atoms with Crippen molar-refractivity contribution in [1.29, 1.82) is 0 Å². The van der Waals surface area contributed by atoms with Crippen LogP contribution < -0.4 is 0 Å². The fourth-order valence-electron chi connectivity index (χ4n) is 8.54. The summed E-state index contributed by atoms with van der Waals surface area (Å²) in [5, 5.41) is 0. The van der Waals surface area contributed by atoms with Crippen LogP contribution >= 0.6 is 0 Å². The highest BCUT2D eigenvalue weighted by Crippen LogP contribution is 2.15. The summed E-state index contributed by atoms with van der Waals surface area (Å²) in [5.74, 6) is -0.916. The molecular weight excluding hydrogens is 925 g/mol. The number of ether oxygens (including phenoxy) is 3. The normalized spacial score (nSPS) is 12.8. The van der Waals surface area contributed by atoms with Crippen LogP contribution in [0.4, 0.5) is 0 Å². The summed E-state index contributed by atoms with van der Waals surface area (Å²) < 4.78 is 16.9. The maximum Gasteiger partial charge on any atom is 0.306 e. The van der Waals surface area contributed by atoms with Crippen molar-refractivity contribution >= 4 is 17.9 Å². The van der Waals surface area contributed by atoms with E-state index in [0.717, 1.165) is 141 Å². The average Bonchev–Trinajstić information content (AvgIpc) is 3.41. The molecule has 0 radical (unpaired) electrons. The first-order valence-electron chi connectivity index (χ1n) is 31.4. The molecule has 0 spiro atoms. The lowest BCUT2D eigenvalue weighted by molar-refractivity contribution is -0.167. The van der Waals surface area contributed by atoms with Crippen LogP contribution in [0.5, 0.6) is 0 Å². The maximum atomic E-state index is 12.9. The third kappa shape index (κ3) is 60.8. The second-order valence-corrected chi connectivity index (χ2v) is 20.6. The molecule has 75 heavy (non-hydrogen) atoms. The van der Waals surface area contributed by atoms with Crippen LogP contribution in [0.15, 0.2) is 109 Å². The van der Waals surface area contributed by atoms with Gasteiger partial charge in [0.05, 0.1) is 0 Å². The first-order valence-corrected chi connectivity index (χ1v) is 31.4. The van der Waals surface area contributed by atoms with E-state index < -0.39 is 6.10 Å². The summed E-state index contributed by atoms with van der Waals surface area (Å²) in [5.41, 5.74) is 0. The van der Waals surface area contributed by atoms with Crippen LogP contribution in [-0.4, -0.2) is 37.2 Å². The van der Waals surface area contributed by atoms with Gasteiger partial charge in [0.25, 0.3) is 0 Å². The largest absolute Gasteiger partial charge is 0.462 e. The van der Waals surface area contributed by atoms with Gasteiger partial charge in [-0.05, 0) is 122 Å². The molecule has 0 N–H and O–H groups in total. The van der Waals surface area contributed by atoms with Gasteiger partial charge in [-0.2, -0.15) is 0 Å². The van der Waals surface area contributed by atoms with Crippen molar-refractivity contribution in [3.63, 3.8) is 0 Å². The minimum Gasteiger partial charge on any atom is -0.462 e. The predicted octanol–water partition coefficient (Wildman–Crippen LogP) is 21.4. The van der Waals surface area contributed by atoms with Crippen molar-refractivity contribution in [3.8, 4) is 0 Å². The third-order valence-corrected chi connectivity index (χ3v) is 13.2. The van der Waals surface area contributed by atoms with Gasteiger partial charge in [-0.1, -0.05) is 259 Å². The molecule has 0 amide bonds. The number of rotatable bonds is 56. The highest BCUT2D eigenvalue weighted by Gasteiger charge is 2.19. The van der Waals surface area contributed by atoms with Gasteiger partial charge in [-0.3, -0.25) is 14.4 Å². The summed E-state index contributed by atoms with van der Waals surface area (Å²) in [6.45, 7) is 6.45. The Kier molecular flexibility index (Phi) is 59.3. The van der Waals surface area contributed by atoms with E-state index >= 15 is 0 Å². The van der Waals surface area contributed by atoms with Crippen molar-refractivity contribution in [2.24, 2.45) is 0 Å². The summed E-state index contributed by atoms with van der Waals surface area (Å²) in [7, 11) is 0. The standard InChI is InChI=1S/C69H116O6/c1-4-7-10-13-16-19-22-25-27-29-31-32-33-34-35-36-38-39-41-44-47-50-53-56-59-62-68(71)74-65-66(64-73-67(70)61-58-55-52-49-46-43-24-21-18-15-12-9-6-3)75-69(72)63-60-57-54-51-48-45-42-40-37-30-28-26-23-20-17-14-11-8-5-2/h7,10,12,15-16,19,21,24-28,31-32,34-35,38-39,66H,4-6,8-9,11,13-14,17-18,20,22-23,29-30,33,36-37,40-65H2,1-3H3/b10-7-,15-12-,19-16-,24-21-,27-25-,28-26-,32-31-,35-34-,39-38-. The minimum absolute atomic E-state index is 0.0914. The number of allylic oxidation sites excluding steroid dienone is 18. The predicted molar refractivity (Wildman–Crippen MR) is 325 cm³/mol. The van der Waals surface area contributed by atoms with Crippen LogP contribution in [0.3, 0.4) is 0 Å². The van der Waals surface area contributed by atoms with E-state index in [0.29, 0.717) is 19.3 Å². The molecule has 0 aliphatic rings. The van der Waals surface area contributed by atoms with Crippen molar-refractivity contribution < 1.29 is 28.6 Å². The van der Waals surface area contributed by atoms with Crippen molar-refractivity contribution in [1.82, 2.24) is 0 Å². The van der Waals surface area contributed by atoms with Gasteiger partial charge < -0.3 is 14.2 Å². The molecule has 0 aliphatic heterocycles. The molecule has 0 heterocycles. The zero-order valence-corrected chi connectivity index (χ0v) is 49.0. The average molecular weight is 1040 g/mol. The molecule has 1 atom stereocenters. The molecule has 0 aromatic rings. The van der Waals surface area contributed by atoms with E-state index in [1.807, 2.05) is 0 Å². The fourth-order valence-corrected chi connectivity index (χ4v) is 8.54. The number of carbonyl (C=O) groups is 3. The molecule has 0 saturated heterocycles. The first kappa shape index (κ1) is 71.1. The fraction of sp³-hybridized carbons (Fsp3) is 0.696. The third-order valence-electron chi connectivity index (χ3n) is 13.2. The molecule has 1 unspecified atom stereocenters. The molecule has 0 rings (SSSR count). The summed E-state index contributed by atoms with van der Waals surface area (Å²) in [6.07, 6.45) is 85.1.